The molecule has 1 amide bonds. The minimum atomic E-state index is -5.09. The van der Waals surface area contributed by atoms with E-state index in [9.17, 15) is 26.7 Å². The average molecular weight is 693 g/mol. The molecule has 0 saturated carbocycles. The number of ether oxygens (including phenoxy) is 2. The molecule has 5 heterocycles. The lowest BCUT2D eigenvalue weighted by Gasteiger charge is -2.30. The fourth-order valence-corrected chi connectivity index (χ4v) is 7.97. The molecule has 3 saturated heterocycles. The van der Waals surface area contributed by atoms with E-state index in [1.165, 1.54) is 4.90 Å². The molecule has 9 nitrogen and oxygen atoms in total. The Morgan fingerprint density at radius 3 is 2.73 bits per heavy atom. The van der Waals surface area contributed by atoms with Crippen molar-refractivity contribution in [3.05, 3.63) is 48.1 Å². The quantitative estimate of drug-likeness (QED) is 0.182. The number of rotatable bonds is 7. The van der Waals surface area contributed by atoms with Gasteiger partial charge in [-0.2, -0.15) is 23.1 Å². The Hall–Kier alpha value is -4.18. The van der Waals surface area contributed by atoms with Gasteiger partial charge in [0.25, 0.3) is 0 Å². The Kier molecular flexibility index (Phi) is 7.93. The second kappa shape index (κ2) is 11.8. The summed E-state index contributed by atoms with van der Waals surface area (Å²) in [6.07, 6.45) is -4.02. The van der Waals surface area contributed by atoms with Crippen molar-refractivity contribution < 1.29 is 40.6 Å². The van der Waals surface area contributed by atoms with Gasteiger partial charge in [-0.15, -0.1) is 0 Å². The highest BCUT2D eigenvalue weighted by molar-refractivity contribution is 7.22. The molecule has 48 heavy (non-hydrogen) atoms. The SMILES string of the molecule is C=CC(=O)N1CC(C)C(Oc2nc(OCC34CCCN3CC(F)C4)nc3c(F)c(-c4ccc(F)c5sc(N)nc45)c(C(F)(F)F)cc23)C1. The van der Waals surface area contributed by atoms with E-state index in [0.29, 0.717) is 19.0 Å². The van der Waals surface area contributed by atoms with Crippen molar-refractivity contribution >= 4 is 43.5 Å². The fraction of sp³-hybridized carbons (Fsp3) is 0.438. The number of amides is 1. The molecule has 4 unspecified atom stereocenters. The molecule has 0 spiro atoms. The van der Waals surface area contributed by atoms with Crippen molar-refractivity contribution in [2.45, 2.75) is 50.2 Å². The van der Waals surface area contributed by atoms with Crippen LogP contribution in [0.2, 0.25) is 0 Å². The van der Waals surface area contributed by atoms with Crippen molar-refractivity contribution in [1.82, 2.24) is 24.8 Å². The lowest BCUT2D eigenvalue weighted by atomic mass is 9.95. The van der Waals surface area contributed by atoms with Crippen molar-refractivity contribution in [1.29, 1.82) is 0 Å². The summed E-state index contributed by atoms with van der Waals surface area (Å²) in [5.74, 6) is -3.17. The molecule has 2 aromatic heterocycles. The normalized spacial score (nSPS) is 24.5. The third kappa shape index (κ3) is 5.47. The van der Waals surface area contributed by atoms with Gasteiger partial charge in [-0.05, 0) is 43.7 Å². The number of alkyl halides is 4. The van der Waals surface area contributed by atoms with Gasteiger partial charge in [0.2, 0.25) is 11.8 Å². The summed E-state index contributed by atoms with van der Waals surface area (Å²) >= 11 is 0.720. The molecule has 3 fully saturated rings. The summed E-state index contributed by atoms with van der Waals surface area (Å²) in [4.78, 5) is 28.3. The van der Waals surface area contributed by atoms with Gasteiger partial charge >= 0.3 is 12.2 Å². The summed E-state index contributed by atoms with van der Waals surface area (Å²) in [6, 6.07) is 2.25. The molecule has 4 atom stereocenters. The number of fused-ring (bicyclic) bond motifs is 3. The third-order valence-corrected chi connectivity index (χ3v) is 10.4. The highest BCUT2D eigenvalue weighted by Crippen LogP contribution is 2.46. The number of carbonyl (C=O) groups is 1. The highest BCUT2D eigenvalue weighted by Gasteiger charge is 2.49. The van der Waals surface area contributed by atoms with E-state index in [1.54, 1.807) is 6.92 Å². The van der Waals surface area contributed by atoms with Crippen LogP contribution >= 0.6 is 11.3 Å². The minimum absolute atomic E-state index is 0.0361. The van der Waals surface area contributed by atoms with Crippen LogP contribution in [0.1, 0.15) is 31.7 Å². The zero-order valence-corrected chi connectivity index (χ0v) is 26.4. The fourth-order valence-electron chi connectivity index (χ4n) is 7.21. The zero-order valence-electron chi connectivity index (χ0n) is 25.6. The van der Waals surface area contributed by atoms with Crippen LogP contribution in [0.3, 0.4) is 0 Å². The highest BCUT2D eigenvalue weighted by atomic mass is 32.1. The molecule has 254 valence electrons. The minimum Gasteiger partial charge on any atom is -0.472 e. The van der Waals surface area contributed by atoms with E-state index in [0.717, 1.165) is 36.0 Å². The van der Waals surface area contributed by atoms with Gasteiger partial charge in [-0.25, -0.2) is 18.2 Å². The lowest BCUT2D eigenvalue weighted by Crippen LogP contribution is -2.43. The van der Waals surface area contributed by atoms with Gasteiger partial charge in [-0.3, -0.25) is 9.69 Å². The van der Waals surface area contributed by atoms with Crippen molar-refractivity contribution in [3.63, 3.8) is 0 Å². The molecule has 0 radical (unpaired) electrons. The maximum Gasteiger partial charge on any atom is 0.417 e. The van der Waals surface area contributed by atoms with Crippen LogP contribution in [-0.4, -0.2) is 81.3 Å². The van der Waals surface area contributed by atoms with Crippen LogP contribution in [0.4, 0.5) is 31.5 Å². The van der Waals surface area contributed by atoms with E-state index in [-0.39, 0.29) is 77.3 Å². The number of aromatic nitrogens is 3. The van der Waals surface area contributed by atoms with E-state index < -0.39 is 57.7 Å². The zero-order chi connectivity index (χ0) is 34.1. The predicted octanol–water partition coefficient (Wildman–Crippen LogP) is 6.15. The number of hydrogen-bond acceptors (Lipinski definition) is 9. The molecular formula is C32H30F6N6O3S. The number of thiazole rings is 1. The van der Waals surface area contributed by atoms with E-state index in [1.807, 2.05) is 4.90 Å². The Labute approximate surface area is 274 Å². The number of likely N-dealkylation sites (tertiary alicyclic amines) is 1. The molecule has 0 aliphatic carbocycles. The second-order valence-electron chi connectivity index (χ2n) is 12.6. The van der Waals surface area contributed by atoms with Crippen molar-refractivity contribution in [3.8, 4) is 23.0 Å². The first kappa shape index (κ1) is 32.4. The number of anilines is 1. The first-order chi connectivity index (χ1) is 22.8. The summed E-state index contributed by atoms with van der Waals surface area (Å²) in [5, 5.41) is -0.504. The number of hydrogen-bond donors (Lipinski definition) is 1. The molecular weight excluding hydrogens is 662 g/mol. The summed E-state index contributed by atoms with van der Waals surface area (Å²) in [6.45, 7) is 6.55. The molecule has 7 rings (SSSR count). The van der Waals surface area contributed by atoms with Crippen LogP contribution < -0.4 is 15.2 Å². The molecule has 4 aromatic rings. The molecule has 0 bridgehead atoms. The average Bonchev–Trinajstić information content (AvgIpc) is 3.78. The lowest BCUT2D eigenvalue weighted by molar-refractivity contribution is -0.137. The maximum absolute atomic E-state index is 16.8. The number of nitrogens with zero attached hydrogens (tertiary/aromatic N) is 5. The number of nitrogen functional groups attached to an aromatic ring is 1. The van der Waals surface area contributed by atoms with Crippen molar-refractivity contribution in [2.24, 2.45) is 5.92 Å². The Morgan fingerprint density at radius 2 is 1.98 bits per heavy atom. The van der Waals surface area contributed by atoms with Gasteiger partial charge in [0.15, 0.2) is 10.9 Å². The smallest absolute Gasteiger partial charge is 0.417 e. The maximum atomic E-state index is 16.8. The Bertz CT molecular complexity index is 1960. The van der Waals surface area contributed by atoms with Crippen LogP contribution in [0, 0.1) is 17.6 Å². The molecule has 2 aromatic carbocycles. The van der Waals surface area contributed by atoms with Gasteiger partial charge in [-0.1, -0.05) is 24.8 Å². The number of nitrogens with two attached hydrogens (primary N) is 1. The van der Waals surface area contributed by atoms with Crippen molar-refractivity contribution in [2.75, 3.05) is 38.5 Å². The van der Waals surface area contributed by atoms with Gasteiger partial charge in [0.05, 0.1) is 33.2 Å². The molecule has 16 heteroatoms. The van der Waals surface area contributed by atoms with Crippen LogP contribution in [0.5, 0.6) is 11.9 Å². The largest absolute Gasteiger partial charge is 0.472 e. The summed E-state index contributed by atoms with van der Waals surface area (Å²) < 4.78 is 102. The van der Waals surface area contributed by atoms with Gasteiger partial charge < -0.3 is 20.1 Å². The first-order valence-electron chi connectivity index (χ1n) is 15.3. The van der Waals surface area contributed by atoms with E-state index in [4.69, 9.17) is 15.2 Å². The van der Waals surface area contributed by atoms with Crippen LogP contribution in [0.25, 0.3) is 32.2 Å². The number of carbonyl (C=O) groups excluding carboxylic acids is 1. The van der Waals surface area contributed by atoms with Crippen LogP contribution in [-0.2, 0) is 11.0 Å². The van der Waals surface area contributed by atoms with Gasteiger partial charge in [0.1, 0.15) is 30.2 Å². The topological polar surface area (TPSA) is 107 Å². The monoisotopic (exact) mass is 692 g/mol. The molecule has 2 N–H and O–H groups in total. The second-order valence-corrected chi connectivity index (χ2v) is 13.6. The predicted molar refractivity (Wildman–Crippen MR) is 166 cm³/mol. The number of benzene rings is 2. The molecule has 3 aliphatic rings. The van der Waals surface area contributed by atoms with Gasteiger partial charge in [0, 0.05) is 36.6 Å². The van der Waals surface area contributed by atoms with E-state index >= 15 is 4.39 Å². The summed E-state index contributed by atoms with van der Waals surface area (Å²) in [5.41, 5.74) is 1.73. The number of halogens is 6. The summed E-state index contributed by atoms with van der Waals surface area (Å²) in [7, 11) is 0. The molecule has 3 aliphatic heterocycles. The van der Waals surface area contributed by atoms with Crippen LogP contribution in [0.15, 0.2) is 30.9 Å². The Morgan fingerprint density at radius 1 is 1.19 bits per heavy atom. The first-order valence-corrected chi connectivity index (χ1v) is 16.2. The third-order valence-electron chi connectivity index (χ3n) is 9.49. The standard InChI is InChI=1S/C32H30F6N6O3S/c1-3-22(45)43-11-15(2)21(13-43)47-28-18-9-19(32(36,37)38)23(17-5-6-20(34)27-26(17)40-29(39)48-27)24(35)25(18)41-30(42-28)46-14-31-7-4-8-44(31)12-16(33)10-31/h3,5-6,9,15-16,21H,1,4,7-8,10-14H2,2H3,(H2,39,40). The Balaban J connectivity index is 1.39. The van der Waals surface area contributed by atoms with E-state index in [2.05, 4.69) is 21.5 Å².